The van der Waals surface area contributed by atoms with Crippen LogP contribution >= 0.6 is 12.2 Å². The first-order valence-electron chi connectivity index (χ1n) is 7.74. The molecule has 0 aliphatic heterocycles. The third-order valence-corrected chi connectivity index (χ3v) is 3.64. The lowest BCUT2D eigenvalue weighted by molar-refractivity contribution is -0.142. The van der Waals surface area contributed by atoms with Gasteiger partial charge >= 0.3 is 12.4 Å². The van der Waals surface area contributed by atoms with Crippen LogP contribution in [0, 0.1) is 0 Å². The van der Waals surface area contributed by atoms with Crippen molar-refractivity contribution in [3.63, 3.8) is 0 Å². The topological polar surface area (TPSA) is 41.1 Å². The predicted molar refractivity (Wildman–Crippen MR) is 89.8 cm³/mol. The van der Waals surface area contributed by atoms with E-state index >= 15 is 0 Å². The first kappa shape index (κ1) is 22.2. The van der Waals surface area contributed by atoms with Crippen molar-refractivity contribution in [2.75, 3.05) is 11.9 Å². The summed E-state index contributed by atoms with van der Waals surface area (Å²) in [6.45, 7) is 1.85. The van der Waals surface area contributed by atoms with Crippen LogP contribution in [-0.4, -0.2) is 17.4 Å². The molecule has 0 unspecified atom stereocenters. The second kappa shape index (κ2) is 9.20. The van der Waals surface area contributed by atoms with Gasteiger partial charge in [-0.1, -0.05) is 6.42 Å². The van der Waals surface area contributed by atoms with E-state index in [0.29, 0.717) is 37.9 Å². The first-order chi connectivity index (χ1) is 11.9. The van der Waals surface area contributed by atoms with Crippen molar-refractivity contribution >= 4 is 28.8 Å². The Morgan fingerprint density at radius 1 is 1.04 bits per heavy atom. The highest BCUT2D eigenvalue weighted by molar-refractivity contribution is 7.80. The Morgan fingerprint density at radius 2 is 1.69 bits per heavy atom. The summed E-state index contributed by atoms with van der Waals surface area (Å²) < 4.78 is 76.9. The molecule has 1 rings (SSSR count). The van der Waals surface area contributed by atoms with Gasteiger partial charge in [-0.15, -0.1) is 0 Å². The number of carbonyl (C=O) groups excluding carboxylic acids is 1. The number of carbonyl (C=O) groups is 1. The van der Waals surface area contributed by atoms with E-state index < -0.39 is 29.2 Å². The minimum atomic E-state index is -4.97. The number of Topliss-reactive ketones (excluding diaryl/α,β-unsaturated/α-hetero) is 1. The van der Waals surface area contributed by atoms with Crippen LogP contribution in [0.3, 0.4) is 0 Å². The average Bonchev–Trinajstić information content (AvgIpc) is 2.48. The summed E-state index contributed by atoms with van der Waals surface area (Å²) in [6, 6.07) is 1.31. The van der Waals surface area contributed by atoms with Crippen molar-refractivity contribution in [3.8, 4) is 0 Å². The Balaban J connectivity index is 2.68. The first-order valence-corrected chi connectivity index (χ1v) is 8.15. The van der Waals surface area contributed by atoms with Crippen LogP contribution in [-0.2, 0) is 17.1 Å². The fourth-order valence-corrected chi connectivity index (χ4v) is 2.32. The molecule has 0 heterocycles. The Labute approximate surface area is 152 Å². The maximum atomic E-state index is 13.0. The molecule has 0 saturated carbocycles. The molecular formula is C16H18F6N2OS. The molecule has 3 nitrogen and oxygen atoms in total. The van der Waals surface area contributed by atoms with Gasteiger partial charge in [-0.05, 0) is 50.2 Å². The van der Waals surface area contributed by atoms with Crippen LogP contribution in [0.2, 0.25) is 0 Å². The van der Waals surface area contributed by atoms with Gasteiger partial charge < -0.3 is 15.4 Å². The molecular weight excluding hydrogens is 382 g/mol. The van der Waals surface area contributed by atoms with Crippen molar-refractivity contribution in [2.45, 2.75) is 45.0 Å². The SMILES string of the molecule is CC(=O)CCCCCNC(=S)Nc1ccc(C(F)(F)F)cc1C(F)(F)F. The molecule has 0 aliphatic carbocycles. The number of thiocarbonyl (C=S) groups is 1. The smallest absolute Gasteiger partial charge is 0.362 e. The van der Waals surface area contributed by atoms with Gasteiger partial charge in [-0.2, -0.15) is 26.3 Å². The highest BCUT2D eigenvalue weighted by Crippen LogP contribution is 2.39. The number of alkyl halides is 6. The Hall–Kier alpha value is -1.84. The molecule has 146 valence electrons. The molecule has 0 bridgehead atoms. The van der Waals surface area contributed by atoms with Gasteiger partial charge in [0.1, 0.15) is 5.78 Å². The maximum absolute atomic E-state index is 13.0. The van der Waals surface area contributed by atoms with Crippen LogP contribution in [0.1, 0.15) is 43.7 Å². The normalized spacial score (nSPS) is 12.0. The molecule has 0 amide bonds. The molecule has 0 atom stereocenters. The van der Waals surface area contributed by atoms with Gasteiger partial charge in [-0.25, -0.2) is 0 Å². The summed E-state index contributed by atoms with van der Waals surface area (Å²) in [5, 5.41) is 4.85. The molecule has 0 fully saturated rings. The Bertz CT molecular complexity index is 643. The monoisotopic (exact) mass is 400 g/mol. The van der Waals surface area contributed by atoms with E-state index in [1.165, 1.54) is 6.92 Å². The van der Waals surface area contributed by atoms with E-state index in [-0.39, 0.29) is 17.0 Å². The number of hydrogen-bond donors (Lipinski definition) is 2. The summed E-state index contributed by atoms with van der Waals surface area (Å²) in [7, 11) is 0. The predicted octanol–water partition coefficient (Wildman–Crippen LogP) is 5.16. The lowest BCUT2D eigenvalue weighted by atomic mass is 10.1. The summed E-state index contributed by atoms with van der Waals surface area (Å²) in [6.07, 6.45) is -7.29. The number of hydrogen-bond acceptors (Lipinski definition) is 2. The quantitative estimate of drug-likeness (QED) is 0.377. The molecule has 0 saturated heterocycles. The van der Waals surface area contributed by atoms with E-state index in [0.717, 1.165) is 6.42 Å². The van der Waals surface area contributed by atoms with Crippen LogP contribution < -0.4 is 10.6 Å². The number of ketones is 1. The number of unbranched alkanes of at least 4 members (excludes halogenated alkanes) is 2. The van der Waals surface area contributed by atoms with Crippen molar-refractivity contribution in [2.24, 2.45) is 0 Å². The molecule has 0 spiro atoms. The number of anilines is 1. The van der Waals surface area contributed by atoms with Gasteiger partial charge in [0.15, 0.2) is 5.11 Å². The fourth-order valence-electron chi connectivity index (χ4n) is 2.11. The fraction of sp³-hybridized carbons (Fsp3) is 0.500. The highest BCUT2D eigenvalue weighted by Gasteiger charge is 2.38. The molecule has 26 heavy (non-hydrogen) atoms. The van der Waals surface area contributed by atoms with Gasteiger partial charge in [0.25, 0.3) is 0 Å². The van der Waals surface area contributed by atoms with Gasteiger partial charge in [0.2, 0.25) is 0 Å². The number of benzene rings is 1. The Morgan fingerprint density at radius 3 is 2.23 bits per heavy atom. The largest absolute Gasteiger partial charge is 0.418 e. The zero-order valence-corrected chi connectivity index (χ0v) is 14.7. The molecule has 1 aromatic rings. The molecule has 10 heteroatoms. The van der Waals surface area contributed by atoms with Crippen LogP contribution in [0.15, 0.2) is 18.2 Å². The van der Waals surface area contributed by atoms with E-state index in [1.807, 2.05) is 0 Å². The standard InChI is InChI=1S/C16H18F6N2OS/c1-10(25)5-3-2-4-8-23-14(26)24-13-7-6-11(15(17,18)19)9-12(13)16(20,21)22/h6-7,9H,2-5,8H2,1H3,(H2,23,24,26). The third kappa shape index (κ3) is 7.59. The lowest BCUT2D eigenvalue weighted by Crippen LogP contribution is -2.30. The van der Waals surface area contributed by atoms with E-state index in [2.05, 4.69) is 10.6 Å². The summed E-state index contributed by atoms with van der Waals surface area (Å²) in [5.74, 6) is 0.0807. The summed E-state index contributed by atoms with van der Waals surface area (Å²) in [4.78, 5) is 10.8. The number of rotatable bonds is 7. The third-order valence-electron chi connectivity index (χ3n) is 3.39. The van der Waals surface area contributed by atoms with Gasteiger partial charge in [-0.3, -0.25) is 0 Å². The molecule has 0 aromatic heterocycles. The molecule has 0 radical (unpaired) electrons. The zero-order valence-electron chi connectivity index (χ0n) is 13.9. The molecule has 0 aliphatic rings. The zero-order chi connectivity index (χ0) is 20.0. The Kier molecular flexibility index (Phi) is 7.86. The highest BCUT2D eigenvalue weighted by atomic mass is 32.1. The second-order valence-corrected chi connectivity index (χ2v) is 6.06. The minimum absolute atomic E-state index is 0.0483. The maximum Gasteiger partial charge on any atom is 0.418 e. The summed E-state index contributed by atoms with van der Waals surface area (Å²) >= 11 is 4.88. The van der Waals surface area contributed by atoms with E-state index in [4.69, 9.17) is 12.2 Å². The number of nitrogens with one attached hydrogen (secondary N) is 2. The van der Waals surface area contributed by atoms with Crippen LogP contribution in [0.5, 0.6) is 0 Å². The summed E-state index contributed by atoms with van der Waals surface area (Å²) in [5.41, 5.74) is -3.39. The van der Waals surface area contributed by atoms with Crippen molar-refractivity contribution in [1.29, 1.82) is 0 Å². The lowest BCUT2D eigenvalue weighted by Gasteiger charge is -2.18. The average molecular weight is 400 g/mol. The van der Waals surface area contributed by atoms with E-state index in [1.54, 1.807) is 0 Å². The minimum Gasteiger partial charge on any atom is -0.362 e. The van der Waals surface area contributed by atoms with Crippen molar-refractivity contribution < 1.29 is 31.1 Å². The van der Waals surface area contributed by atoms with Crippen LogP contribution in [0.25, 0.3) is 0 Å². The van der Waals surface area contributed by atoms with Crippen LogP contribution in [0.4, 0.5) is 32.0 Å². The van der Waals surface area contributed by atoms with Crippen molar-refractivity contribution in [3.05, 3.63) is 29.3 Å². The number of halogens is 6. The molecule has 1 aromatic carbocycles. The van der Waals surface area contributed by atoms with E-state index in [9.17, 15) is 31.1 Å². The van der Waals surface area contributed by atoms with Crippen molar-refractivity contribution in [1.82, 2.24) is 5.32 Å². The molecule has 2 N–H and O–H groups in total. The van der Waals surface area contributed by atoms with Gasteiger partial charge in [0, 0.05) is 13.0 Å². The van der Waals surface area contributed by atoms with Gasteiger partial charge in [0.05, 0.1) is 16.8 Å². The second-order valence-electron chi connectivity index (χ2n) is 5.65.